The molecule has 0 radical (unpaired) electrons. The Kier molecular flexibility index (Phi) is 3.85. The number of aromatic nitrogens is 1. The molecule has 1 aromatic rings. The van der Waals surface area contributed by atoms with Gasteiger partial charge in [0.1, 0.15) is 5.75 Å². The second kappa shape index (κ2) is 5.17. The van der Waals surface area contributed by atoms with Crippen LogP contribution in [0.15, 0.2) is 22.9 Å². The number of rotatable bonds is 2. The van der Waals surface area contributed by atoms with Gasteiger partial charge in [0.15, 0.2) is 0 Å². The fourth-order valence-corrected chi connectivity index (χ4v) is 2.59. The normalized spacial score (nSPS) is 30.1. The van der Waals surface area contributed by atoms with Crippen LogP contribution in [0.4, 0.5) is 0 Å². The SMILES string of the molecule is CC1CCC(Oc2ccncc2Br)CC1C. The molecule has 0 saturated heterocycles. The minimum absolute atomic E-state index is 0.366. The minimum atomic E-state index is 0.366. The number of halogens is 1. The van der Waals surface area contributed by atoms with Gasteiger partial charge in [0, 0.05) is 12.4 Å². The van der Waals surface area contributed by atoms with Gasteiger partial charge in [0.2, 0.25) is 0 Å². The summed E-state index contributed by atoms with van der Waals surface area (Å²) in [5, 5.41) is 0. The van der Waals surface area contributed by atoms with Crippen LogP contribution >= 0.6 is 15.9 Å². The number of hydrogen-bond donors (Lipinski definition) is 0. The van der Waals surface area contributed by atoms with E-state index < -0.39 is 0 Å². The Morgan fingerprint density at radius 2 is 2.12 bits per heavy atom. The average Bonchev–Trinajstić information content (AvgIpc) is 2.27. The smallest absolute Gasteiger partial charge is 0.136 e. The average molecular weight is 284 g/mol. The van der Waals surface area contributed by atoms with Crippen LogP contribution in [-0.4, -0.2) is 11.1 Å². The Labute approximate surface area is 106 Å². The molecule has 1 saturated carbocycles. The van der Waals surface area contributed by atoms with Crippen molar-refractivity contribution in [3.8, 4) is 5.75 Å². The maximum Gasteiger partial charge on any atom is 0.136 e. The fraction of sp³-hybridized carbons (Fsp3) is 0.615. The minimum Gasteiger partial charge on any atom is -0.489 e. The summed E-state index contributed by atoms with van der Waals surface area (Å²) in [6.07, 6.45) is 7.52. The molecule has 88 valence electrons. The predicted octanol–water partition coefficient (Wildman–Crippen LogP) is 4.05. The molecule has 3 heteroatoms. The molecule has 3 unspecified atom stereocenters. The highest BCUT2D eigenvalue weighted by Gasteiger charge is 2.25. The second-order valence-electron chi connectivity index (χ2n) is 4.81. The molecule has 1 aromatic heterocycles. The van der Waals surface area contributed by atoms with Gasteiger partial charge in [-0.15, -0.1) is 0 Å². The maximum atomic E-state index is 6.02. The van der Waals surface area contributed by atoms with Crippen LogP contribution in [0.5, 0.6) is 5.75 Å². The molecule has 0 amide bonds. The molecular formula is C13H18BrNO. The molecular weight excluding hydrogens is 266 g/mol. The van der Waals surface area contributed by atoms with Crippen molar-refractivity contribution in [1.82, 2.24) is 4.98 Å². The molecule has 16 heavy (non-hydrogen) atoms. The molecule has 0 aliphatic heterocycles. The Bertz CT molecular complexity index is 356. The van der Waals surface area contributed by atoms with E-state index in [4.69, 9.17) is 4.74 Å². The monoisotopic (exact) mass is 283 g/mol. The number of pyridine rings is 1. The molecule has 1 aliphatic rings. The van der Waals surface area contributed by atoms with Crippen LogP contribution in [0.3, 0.4) is 0 Å². The number of nitrogens with zero attached hydrogens (tertiary/aromatic N) is 1. The van der Waals surface area contributed by atoms with Crippen molar-refractivity contribution in [2.24, 2.45) is 11.8 Å². The van der Waals surface area contributed by atoms with E-state index in [0.29, 0.717) is 6.10 Å². The zero-order valence-electron chi connectivity index (χ0n) is 9.82. The first kappa shape index (κ1) is 11.9. The number of hydrogen-bond acceptors (Lipinski definition) is 2. The lowest BCUT2D eigenvalue weighted by atomic mass is 9.80. The van der Waals surface area contributed by atoms with Crippen LogP contribution in [0.1, 0.15) is 33.1 Å². The third-order valence-corrected chi connectivity index (χ3v) is 4.17. The lowest BCUT2D eigenvalue weighted by Crippen LogP contribution is -2.28. The van der Waals surface area contributed by atoms with Crippen molar-refractivity contribution in [2.75, 3.05) is 0 Å². The lowest BCUT2D eigenvalue weighted by Gasteiger charge is -2.32. The third-order valence-electron chi connectivity index (χ3n) is 3.58. The second-order valence-corrected chi connectivity index (χ2v) is 5.67. The molecule has 3 atom stereocenters. The van der Waals surface area contributed by atoms with E-state index in [1.807, 2.05) is 6.07 Å². The summed E-state index contributed by atoms with van der Waals surface area (Å²) in [5.41, 5.74) is 0. The first-order valence-electron chi connectivity index (χ1n) is 5.93. The fourth-order valence-electron chi connectivity index (χ4n) is 2.24. The van der Waals surface area contributed by atoms with Crippen LogP contribution in [0.2, 0.25) is 0 Å². The molecule has 2 rings (SSSR count). The molecule has 1 heterocycles. The van der Waals surface area contributed by atoms with Gasteiger partial charge in [0.25, 0.3) is 0 Å². The van der Waals surface area contributed by atoms with E-state index in [1.165, 1.54) is 12.8 Å². The predicted molar refractivity (Wildman–Crippen MR) is 68.5 cm³/mol. The van der Waals surface area contributed by atoms with E-state index in [0.717, 1.165) is 28.5 Å². The largest absolute Gasteiger partial charge is 0.489 e. The van der Waals surface area contributed by atoms with Crippen LogP contribution in [0, 0.1) is 11.8 Å². The van der Waals surface area contributed by atoms with Gasteiger partial charge in [-0.2, -0.15) is 0 Å². The molecule has 2 nitrogen and oxygen atoms in total. The maximum absolute atomic E-state index is 6.02. The highest BCUT2D eigenvalue weighted by molar-refractivity contribution is 9.10. The number of ether oxygens (including phenoxy) is 1. The van der Waals surface area contributed by atoms with Crippen molar-refractivity contribution >= 4 is 15.9 Å². The Balaban J connectivity index is 1.98. The molecule has 0 N–H and O–H groups in total. The van der Waals surface area contributed by atoms with E-state index >= 15 is 0 Å². The van der Waals surface area contributed by atoms with Gasteiger partial charge < -0.3 is 4.74 Å². The first-order valence-corrected chi connectivity index (χ1v) is 6.72. The van der Waals surface area contributed by atoms with E-state index in [9.17, 15) is 0 Å². The summed E-state index contributed by atoms with van der Waals surface area (Å²) < 4.78 is 6.96. The highest BCUT2D eigenvalue weighted by atomic mass is 79.9. The summed E-state index contributed by atoms with van der Waals surface area (Å²) in [5.74, 6) is 2.52. The summed E-state index contributed by atoms with van der Waals surface area (Å²) in [4.78, 5) is 4.04. The topological polar surface area (TPSA) is 22.1 Å². The molecule has 0 bridgehead atoms. The quantitative estimate of drug-likeness (QED) is 0.817. The Morgan fingerprint density at radius 3 is 2.81 bits per heavy atom. The zero-order valence-corrected chi connectivity index (χ0v) is 11.4. The van der Waals surface area contributed by atoms with Gasteiger partial charge in [-0.05, 0) is 53.1 Å². The zero-order chi connectivity index (χ0) is 11.5. The summed E-state index contributed by atoms with van der Waals surface area (Å²) in [7, 11) is 0. The summed E-state index contributed by atoms with van der Waals surface area (Å²) in [6.45, 7) is 4.66. The first-order chi connectivity index (χ1) is 7.66. The standard InChI is InChI=1S/C13H18BrNO/c1-9-3-4-11(7-10(9)2)16-13-5-6-15-8-12(13)14/h5-6,8-11H,3-4,7H2,1-2H3. The highest BCUT2D eigenvalue weighted by Crippen LogP contribution is 2.33. The van der Waals surface area contributed by atoms with E-state index in [2.05, 4.69) is 34.8 Å². The lowest BCUT2D eigenvalue weighted by molar-refractivity contribution is 0.0998. The van der Waals surface area contributed by atoms with Crippen molar-refractivity contribution in [3.05, 3.63) is 22.9 Å². The van der Waals surface area contributed by atoms with Gasteiger partial charge >= 0.3 is 0 Å². The van der Waals surface area contributed by atoms with Crippen molar-refractivity contribution in [1.29, 1.82) is 0 Å². The summed E-state index contributed by atoms with van der Waals surface area (Å²) in [6, 6.07) is 1.92. The van der Waals surface area contributed by atoms with Gasteiger partial charge in [0.05, 0.1) is 10.6 Å². The van der Waals surface area contributed by atoms with Crippen LogP contribution < -0.4 is 4.74 Å². The van der Waals surface area contributed by atoms with Gasteiger partial charge in [-0.25, -0.2) is 0 Å². The third kappa shape index (κ3) is 2.76. The van der Waals surface area contributed by atoms with Crippen LogP contribution in [-0.2, 0) is 0 Å². The van der Waals surface area contributed by atoms with Crippen molar-refractivity contribution < 1.29 is 4.74 Å². The Hall–Kier alpha value is -0.570. The Morgan fingerprint density at radius 1 is 1.31 bits per heavy atom. The van der Waals surface area contributed by atoms with Gasteiger partial charge in [-0.1, -0.05) is 13.8 Å². The molecule has 1 aliphatic carbocycles. The molecule has 0 aromatic carbocycles. The molecule has 1 fully saturated rings. The molecule has 0 spiro atoms. The van der Waals surface area contributed by atoms with E-state index in [1.54, 1.807) is 12.4 Å². The van der Waals surface area contributed by atoms with Crippen molar-refractivity contribution in [2.45, 2.75) is 39.2 Å². The van der Waals surface area contributed by atoms with Crippen LogP contribution in [0.25, 0.3) is 0 Å². The van der Waals surface area contributed by atoms with Crippen molar-refractivity contribution in [3.63, 3.8) is 0 Å². The summed E-state index contributed by atoms with van der Waals surface area (Å²) >= 11 is 3.46. The van der Waals surface area contributed by atoms with Gasteiger partial charge in [-0.3, -0.25) is 4.98 Å². The van der Waals surface area contributed by atoms with E-state index in [-0.39, 0.29) is 0 Å².